The van der Waals surface area contributed by atoms with Crippen LogP contribution in [0.15, 0.2) is 12.2 Å². The molecular weight excluding hydrogens is 178 g/mol. The molecule has 0 aromatic carbocycles. The van der Waals surface area contributed by atoms with Gasteiger partial charge >= 0.3 is 0 Å². The number of hydrogen-bond acceptors (Lipinski definition) is 2. The highest BCUT2D eigenvalue weighted by atomic mass is 32.1. The zero-order chi connectivity index (χ0) is 9.68. The fourth-order valence-electron chi connectivity index (χ4n) is 2.11. The van der Waals surface area contributed by atoms with Crippen molar-refractivity contribution in [2.45, 2.75) is 38.6 Å². The predicted octanol–water partition coefficient (Wildman–Crippen LogP) is 2.74. The van der Waals surface area contributed by atoms with Crippen molar-refractivity contribution in [2.75, 3.05) is 18.8 Å². The Morgan fingerprint density at radius 1 is 1.46 bits per heavy atom. The minimum absolute atomic E-state index is 0.821. The maximum absolute atomic E-state index is 4.25. The molecule has 2 heteroatoms. The normalized spacial score (nSPS) is 18.4. The van der Waals surface area contributed by atoms with Gasteiger partial charge in [0.05, 0.1) is 0 Å². The zero-order valence-corrected chi connectivity index (χ0v) is 9.52. The molecule has 0 atom stereocenters. The van der Waals surface area contributed by atoms with Gasteiger partial charge in [-0.3, -0.25) is 4.90 Å². The van der Waals surface area contributed by atoms with Crippen molar-refractivity contribution in [3.63, 3.8) is 0 Å². The van der Waals surface area contributed by atoms with Crippen LogP contribution in [-0.4, -0.2) is 29.8 Å². The lowest BCUT2D eigenvalue weighted by Crippen LogP contribution is -2.34. The monoisotopic (exact) mass is 199 g/mol. The molecule has 0 bridgehead atoms. The first-order valence-corrected chi connectivity index (χ1v) is 5.92. The van der Waals surface area contributed by atoms with E-state index in [9.17, 15) is 0 Å². The average molecular weight is 199 g/mol. The summed E-state index contributed by atoms with van der Waals surface area (Å²) in [5.74, 6) is 0.823. The minimum Gasteiger partial charge on any atom is -0.297 e. The molecule has 0 aromatic heterocycles. The molecule has 1 fully saturated rings. The third kappa shape index (κ3) is 3.35. The lowest BCUT2D eigenvalue weighted by atomic mass is 10.2. The number of hydrogen-bond donors (Lipinski definition) is 1. The number of nitrogens with zero attached hydrogens (tertiary/aromatic N) is 1. The summed E-state index contributed by atoms with van der Waals surface area (Å²) in [7, 11) is 0. The van der Waals surface area contributed by atoms with E-state index in [2.05, 4.69) is 31.0 Å². The molecule has 0 saturated heterocycles. The van der Waals surface area contributed by atoms with Crippen molar-refractivity contribution < 1.29 is 0 Å². The summed E-state index contributed by atoms with van der Waals surface area (Å²) >= 11 is 4.25. The predicted molar refractivity (Wildman–Crippen MR) is 62.5 cm³/mol. The smallest absolute Gasteiger partial charge is 0.0201 e. The molecular formula is C11H21NS. The highest BCUT2D eigenvalue weighted by molar-refractivity contribution is 7.80. The molecule has 1 nitrogen and oxygen atoms in total. The molecule has 1 aliphatic rings. The van der Waals surface area contributed by atoms with Crippen LogP contribution in [0, 0.1) is 0 Å². The van der Waals surface area contributed by atoms with Gasteiger partial charge in [0, 0.05) is 18.3 Å². The summed E-state index contributed by atoms with van der Waals surface area (Å²) < 4.78 is 0. The van der Waals surface area contributed by atoms with Crippen molar-refractivity contribution >= 4 is 12.6 Å². The summed E-state index contributed by atoms with van der Waals surface area (Å²) in [6.45, 7) is 8.45. The third-order valence-corrected chi connectivity index (χ3v) is 3.34. The highest BCUT2D eigenvalue weighted by Crippen LogP contribution is 2.23. The van der Waals surface area contributed by atoms with Crippen LogP contribution in [-0.2, 0) is 0 Å². The van der Waals surface area contributed by atoms with Crippen LogP contribution >= 0.6 is 12.6 Å². The van der Waals surface area contributed by atoms with Crippen LogP contribution < -0.4 is 0 Å². The maximum atomic E-state index is 4.25. The van der Waals surface area contributed by atoms with Crippen molar-refractivity contribution in [2.24, 2.45) is 0 Å². The Hall–Kier alpha value is 0.0500. The average Bonchev–Trinajstić information content (AvgIpc) is 2.66. The third-order valence-electron chi connectivity index (χ3n) is 2.90. The second kappa shape index (κ2) is 5.71. The summed E-state index contributed by atoms with van der Waals surface area (Å²) in [5.41, 5.74) is 1.25. The number of likely N-dealkylation sites (N-methyl/N-ethyl adjacent to an activating group) is 1. The van der Waals surface area contributed by atoms with Gasteiger partial charge in [0.15, 0.2) is 0 Å². The molecule has 0 radical (unpaired) electrons. The second-order valence-corrected chi connectivity index (χ2v) is 4.23. The van der Waals surface area contributed by atoms with Gasteiger partial charge in [-0.05, 0) is 19.4 Å². The molecule has 0 amide bonds. The van der Waals surface area contributed by atoms with Gasteiger partial charge in [0.2, 0.25) is 0 Å². The molecule has 0 unspecified atom stereocenters. The molecule has 0 N–H and O–H groups in total. The summed E-state index contributed by atoms with van der Waals surface area (Å²) in [6.07, 6.45) is 5.59. The first-order valence-electron chi connectivity index (χ1n) is 5.29. The van der Waals surface area contributed by atoms with E-state index in [0.717, 1.165) is 24.9 Å². The Morgan fingerprint density at radius 3 is 2.54 bits per heavy atom. The van der Waals surface area contributed by atoms with Crippen molar-refractivity contribution in [3.05, 3.63) is 12.2 Å². The van der Waals surface area contributed by atoms with Gasteiger partial charge in [-0.1, -0.05) is 31.9 Å². The van der Waals surface area contributed by atoms with Gasteiger partial charge in [-0.2, -0.15) is 12.6 Å². The molecule has 1 rings (SSSR count). The first-order chi connectivity index (χ1) is 6.27. The molecule has 76 valence electrons. The largest absolute Gasteiger partial charge is 0.297 e. The molecule has 1 saturated carbocycles. The Bertz CT molecular complexity index is 161. The van der Waals surface area contributed by atoms with Crippen LogP contribution in [0.25, 0.3) is 0 Å². The summed E-state index contributed by atoms with van der Waals surface area (Å²) in [4.78, 5) is 2.55. The SMILES string of the molecule is C=C(CS)CN(CC)C1CCCC1. The van der Waals surface area contributed by atoms with E-state index in [-0.39, 0.29) is 0 Å². The van der Waals surface area contributed by atoms with E-state index in [1.54, 1.807) is 0 Å². The van der Waals surface area contributed by atoms with Crippen LogP contribution in [0.1, 0.15) is 32.6 Å². The Morgan fingerprint density at radius 2 is 2.08 bits per heavy atom. The maximum Gasteiger partial charge on any atom is 0.0201 e. The number of rotatable bonds is 5. The van der Waals surface area contributed by atoms with Gasteiger partial charge in [0.25, 0.3) is 0 Å². The molecule has 13 heavy (non-hydrogen) atoms. The fraction of sp³-hybridized carbons (Fsp3) is 0.818. The number of thiol groups is 1. The van der Waals surface area contributed by atoms with Gasteiger partial charge in [-0.15, -0.1) is 0 Å². The van der Waals surface area contributed by atoms with Gasteiger partial charge < -0.3 is 0 Å². The van der Waals surface area contributed by atoms with Crippen LogP contribution in [0.4, 0.5) is 0 Å². The Kier molecular flexibility index (Phi) is 4.89. The lowest BCUT2D eigenvalue weighted by molar-refractivity contribution is 0.227. The minimum atomic E-state index is 0.821. The van der Waals surface area contributed by atoms with Crippen molar-refractivity contribution in [1.29, 1.82) is 0 Å². The summed E-state index contributed by atoms with van der Waals surface area (Å²) in [5, 5.41) is 0. The Labute approximate surface area is 87.6 Å². The molecule has 0 aromatic rings. The van der Waals surface area contributed by atoms with E-state index in [1.807, 2.05) is 0 Å². The van der Waals surface area contributed by atoms with Gasteiger partial charge in [-0.25, -0.2) is 0 Å². The lowest BCUT2D eigenvalue weighted by Gasteiger charge is -2.27. The Balaban J connectivity index is 2.37. The fourth-order valence-corrected chi connectivity index (χ4v) is 2.21. The van der Waals surface area contributed by atoms with Crippen LogP contribution in [0.2, 0.25) is 0 Å². The summed E-state index contributed by atoms with van der Waals surface area (Å²) in [6, 6.07) is 0.821. The zero-order valence-electron chi connectivity index (χ0n) is 8.63. The topological polar surface area (TPSA) is 3.24 Å². The van der Waals surface area contributed by atoms with Gasteiger partial charge in [0.1, 0.15) is 0 Å². The molecule has 0 heterocycles. The van der Waals surface area contributed by atoms with E-state index < -0.39 is 0 Å². The van der Waals surface area contributed by atoms with Crippen LogP contribution in [0.3, 0.4) is 0 Å². The second-order valence-electron chi connectivity index (χ2n) is 3.91. The van der Waals surface area contributed by atoms with Crippen LogP contribution in [0.5, 0.6) is 0 Å². The van der Waals surface area contributed by atoms with Crippen molar-refractivity contribution in [3.8, 4) is 0 Å². The first kappa shape index (κ1) is 11.1. The highest BCUT2D eigenvalue weighted by Gasteiger charge is 2.20. The molecule has 0 spiro atoms. The molecule has 1 aliphatic carbocycles. The van der Waals surface area contributed by atoms with E-state index in [4.69, 9.17) is 0 Å². The standard InChI is InChI=1S/C11H21NS/c1-3-12(8-10(2)9-13)11-6-4-5-7-11/h11,13H,2-9H2,1H3. The molecule has 0 aliphatic heterocycles. The van der Waals surface area contributed by atoms with E-state index >= 15 is 0 Å². The van der Waals surface area contributed by atoms with E-state index in [1.165, 1.54) is 31.3 Å². The quantitative estimate of drug-likeness (QED) is 0.526. The van der Waals surface area contributed by atoms with E-state index in [0.29, 0.717) is 0 Å². The van der Waals surface area contributed by atoms with Crippen molar-refractivity contribution in [1.82, 2.24) is 4.90 Å².